The van der Waals surface area contributed by atoms with Crippen LogP contribution in [-0.4, -0.2) is 20.7 Å². The number of carbonyl (C=O) groups excluding carboxylic acids is 1. The lowest BCUT2D eigenvalue weighted by atomic mass is 10.1. The minimum Gasteiger partial charge on any atom is -0.299 e. The van der Waals surface area contributed by atoms with Crippen molar-refractivity contribution in [1.29, 1.82) is 0 Å². The van der Waals surface area contributed by atoms with Gasteiger partial charge in [0.2, 0.25) is 11.0 Å². The SMILES string of the molecule is CC(C)CC(=O)Nc1nnns1. The maximum Gasteiger partial charge on any atom is 0.231 e. The van der Waals surface area contributed by atoms with Crippen molar-refractivity contribution in [1.82, 2.24) is 14.8 Å². The molecule has 0 saturated carbocycles. The molecule has 0 saturated heterocycles. The minimum atomic E-state index is -0.0384. The van der Waals surface area contributed by atoms with Crippen molar-refractivity contribution in [2.75, 3.05) is 5.32 Å². The third-order valence-corrected chi connectivity index (χ3v) is 1.65. The molecule has 1 rings (SSSR count). The maximum absolute atomic E-state index is 11.1. The highest BCUT2D eigenvalue weighted by atomic mass is 32.1. The number of carbonyl (C=O) groups is 1. The van der Waals surface area contributed by atoms with Gasteiger partial charge in [-0.25, -0.2) is 0 Å². The van der Waals surface area contributed by atoms with Crippen LogP contribution in [0.4, 0.5) is 5.13 Å². The zero-order chi connectivity index (χ0) is 8.97. The molecule has 0 aliphatic rings. The fourth-order valence-corrected chi connectivity index (χ4v) is 1.11. The van der Waals surface area contributed by atoms with Gasteiger partial charge < -0.3 is 0 Å². The number of aromatic nitrogens is 3. The molecule has 1 amide bonds. The second-order valence-electron chi connectivity index (χ2n) is 2.81. The summed E-state index contributed by atoms with van der Waals surface area (Å²) in [6, 6.07) is 0. The summed E-state index contributed by atoms with van der Waals surface area (Å²) in [5.41, 5.74) is 0. The van der Waals surface area contributed by atoms with Crippen LogP contribution >= 0.6 is 11.5 Å². The summed E-state index contributed by atoms with van der Waals surface area (Å²) >= 11 is 1.07. The molecule has 0 atom stereocenters. The summed E-state index contributed by atoms with van der Waals surface area (Å²) in [5.74, 6) is 0.314. The van der Waals surface area contributed by atoms with E-state index >= 15 is 0 Å². The molecule has 0 bridgehead atoms. The summed E-state index contributed by atoms with van der Waals surface area (Å²) in [4.78, 5) is 11.1. The number of anilines is 1. The molecule has 1 N–H and O–H groups in total. The quantitative estimate of drug-likeness (QED) is 0.762. The molecule has 0 aromatic carbocycles. The Bertz CT molecular complexity index is 246. The molecule has 1 aromatic rings. The molecule has 1 heterocycles. The average molecular weight is 186 g/mol. The van der Waals surface area contributed by atoms with Crippen molar-refractivity contribution in [3.05, 3.63) is 0 Å². The van der Waals surface area contributed by atoms with E-state index in [0.29, 0.717) is 17.5 Å². The number of hydrogen-bond acceptors (Lipinski definition) is 5. The van der Waals surface area contributed by atoms with Gasteiger partial charge in [0.25, 0.3) is 0 Å². The second kappa shape index (κ2) is 4.10. The lowest BCUT2D eigenvalue weighted by molar-refractivity contribution is -0.116. The Balaban J connectivity index is 2.37. The van der Waals surface area contributed by atoms with Crippen LogP contribution in [0.2, 0.25) is 0 Å². The predicted octanol–water partition coefficient (Wildman–Crippen LogP) is 0.918. The first-order valence-electron chi connectivity index (χ1n) is 3.63. The van der Waals surface area contributed by atoms with E-state index in [1.165, 1.54) is 0 Å². The molecule has 0 aliphatic heterocycles. The largest absolute Gasteiger partial charge is 0.299 e. The minimum absolute atomic E-state index is 0.0384. The molecule has 0 aliphatic carbocycles. The van der Waals surface area contributed by atoms with E-state index < -0.39 is 0 Å². The first-order valence-corrected chi connectivity index (χ1v) is 4.40. The van der Waals surface area contributed by atoms with Crippen molar-refractivity contribution in [3.8, 4) is 0 Å². The average Bonchev–Trinajstić information content (AvgIpc) is 2.37. The van der Waals surface area contributed by atoms with Gasteiger partial charge >= 0.3 is 0 Å². The van der Waals surface area contributed by atoms with Crippen molar-refractivity contribution in [3.63, 3.8) is 0 Å². The Morgan fingerprint density at radius 3 is 2.92 bits per heavy atom. The van der Waals surface area contributed by atoms with Crippen LogP contribution in [0.15, 0.2) is 0 Å². The van der Waals surface area contributed by atoms with E-state index in [1.807, 2.05) is 13.8 Å². The van der Waals surface area contributed by atoms with Crippen LogP contribution in [0.1, 0.15) is 20.3 Å². The third kappa shape index (κ3) is 2.91. The fourth-order valence-electron chi connectivity index (χ4n) is 0.723. The fraction of sp³-hybridized carbons (Fsp3) is 0.667. The monoisotopic (exact) mass is 186 g/mol. The first kappa shape index (κ1) is 9.05. The lowest BCUT2D eigenvalue weighted by Crippen LogP contribution is -2.13. The van der Waals surface area contributed by atoms with E-state index in [-0.39, 0.29) is 5.91 Å². The summed E-state index contributed by atoms with van der Waals surface area (Å²) in [5, 5.41) is 10.0. The highest BCUT2D eigenvalue weighted by Crippen LogP contribution is 2.07. The molecule has 66 valence electrons. The van der Waals surface area contributed by atoms with Crippen LogP contribution in [-0.2, 0) is 4.79 Å². The van der Waals surface area contributed by atoms with Gasteiger partial charge in [-0.1, -0.05) is 23.4 Å². The van der Waals surface area contributed by atoms with Gasteiger partial charge in [0.1, 0.15) is 0 Å². The molecular formula is C6H10N4OS. The van der Waals surface area contributed by atoms with Gasteiger partial charge in [-0.15, -0.1) is 0 Å². The standard InChI is InChI=1S/C6H10N4OS/c1-4(2)3-5(11)7-6-8-9-10-12-6/h4H,3H2,1-2H3,(H,7,8,10,11). The van der Waals surface area contributed by atoms with E-state index in [9.17, 15) is 4.79 Å². The van der Waals surface area contributed by atoms with Crippen molar-refractivity contribution in [2.24, 2.45) is 5.92 Å². The molecular weight excluding hydrogens is 176 g/mol. The molecule has 5 nitrogen and oxygen atoms in total. The number of rotatable bonds is 3. The molecule has 1 aromatic heterocycles. The van der Waals surface area contributed by atoms with Crippen LogP contribution < -0.4 is 5.32 Å². The van der Waals surface area contributed by atoms with E-state index in [1.54, 1.807) is 0 Å². The Morgan fingerprint density at radius 1 is 1.67 bits per heavy atom. The highest BCUT2D eigenvalue weighted by Gasteiger charge is 2.06. The molecule has 6 heteroatoms. The predicted molar refractivity (Wildman–Crippen MR) is 45.8 cm³/mol. The van der Waals surface area contributed by atoms with Gasteiger partial charge in [0.15, 0.2) is 0 Å². The summed E-state index contributed by atoms with van der Waals surface area (Å²) < 4.78 is 3.52. The van der Waals surface area contributed by atoms with Crippen LogP contribution in [0, 0.1) is 5.92 Å². The van der Waals surface area contributed by atoms with Crippen molar-refractivity contribution < 1.29 is 4.79 Å². The zero-order valence-corrected chi connectivity index (χ0v) is 7.76. The van der Waals surface area contributed by atoms with Crippen LogP contribution in [0.25, 0.3) is 0 Å². The Hall–Kier alpha value is -1.04. The molecule has 0 spiro atoms. The van der Waals surface area contributed by atoms with Gasteiger partial charge in [0.05, 0.1) is 0 Å². The number of nitrogens with one attached hydrogen (secondary N) is 1. The van der Waals surface area contributed by atoms with E-state index in [0.717, 1.165) is 11.5 Å². The number of nitrogens with zero attached hydrogens (tertiary/aromatic N) is 3. The van der Waals surface area contributed by atoms with Crippen molar-refractivity contribution >= 4 is 22.6 Å². The maximum atomic E-state index is 11.1. The normalized spacial score (nSPS) is 10.2. The molecule has 12 heavy (non-hydrogen) atoms. The Labute approximate surface area is 74.3 Å². The zero-order valence-electron chi connectivity index (χ0n) is 6.94. The van der Waals surface area contributed by atoms with Gasteiger partial charge in [-0.2, -0.15) is 0 Å². The van der Waals surface area contributed by atoms with Crippen molar-refractivity contribution in [2.45, 2.75) is 20.3 Å². The van der Waals surface area contributed by atoms with Gasteiger partial charge in [-0.05, 0) is 11.1 Å². The van der Waals surface area contributed by atoms with Gasteiger partial charge in [-0.3, -0.25) is 10.1 Å². The summed E-state index contributed by atoms with van der Waals surface area (Å²) in [6.45, 7) is 3.97. The first-order chi connectivity index (χ1) is 5.68. The highest BCUT2D eigenvalue weighted by molar-refractivity contribution is 7.09. The van der Waals surface area contributed by atoms with Gasteiger partial charge in [0, 0.05) is 18.0 Å². The Morgan fingerprint density at radius 2 is 2.42 bits per heavy atom. The summed E-state index contributed by atoms with van der Waals surface area (Å²) in [7, 11) is 0. The topological polar surface area (TPSA) is 67.8 Å². The molecule has 0 fully saturated rings. The molecule has 0 radical (unpaired) electrons. The van der Waals surface area contributed by atoms with Crippen LogP contribution in [0.3, 0.4) is 0 Å². The van der Waals surface area contributed by atoms with E-state index in [4.69, 9.17) is 0 Å². The van der Waals surface area contributed by atoms with E-state index in [2.05, 4.69) is 20.1 Å². The summed E-state index contributed by atoms with van der Waals surface area (Å²) in [6.07, 6.45) is 0.500. The third-order valence-electron chi connectivity index (χ3n) is 1.14. The van der Waals surface area contributed by atoms with Crippen LogP contribution in [0.5, 0.6) is 0 Å². The number of amides is 1. The Kier molecular flexibility index (Phi) is 3.09. The lowest BCUT2D eigenvalue weighted by Gasteiger charge is -2.02. The second-order valence-corrected chi connectivity index (χ2v) is 3.55. The smallest absolute Gasteiger partial charge is 0.231 e. The number of hydrogen-bond donors (Lipinski definition) is 1. The molecule has 0 unspecified atom stereocenters.